The minimum Gasteiger partial charge on any atom is -0.497 e. The Bertz CT molecular complexity index is 794. The Hall–Kier alpha value is -2.54. The number of nitro benzene ring substituents is 1. The molecular formula is C17H16N2O4S. The highest BCUT2D eigenvalue weighted by atomic mass is 32.2. The molecule has 0 fully saturated rings. The van der Waals surface area contributed by atoms with Crippen LogP contribution in [0.15, 0.2) is 47.4 Å². The maximum atomic E-state index is 12.5. The van der Waals surface area contributed by atoms with Crippen LogP contribution in [-0.4, -0.2) is 30.2 Å². The second kappa shape index (κ2) is 6.92. The fourth-order valence-electron chi connectivity index (χ4n) is 2.65. The number of methoxy groups -OCH3 is 1. The number of hydrogen-bond donors (Lipinski definition) is 0. The van der Waals surface area contributed by atoms with Gasteiger partial charge in [-0.05, 0) is 30.2 Å². The number of benzene rings is 2. The van der Waals surface area contributed by atoms with Gasteiger partial charge >= 0.3 is 0 Å². The van der Waals surface area contributed by atoms with Gasteiger partial charge in [0.2, 0.25) is 5.91 Å². The quantitative estimate of drug-likeness (QED) is 0.473. The van der Waals surface area contributed by atoms with E-state index in [4.69, 9.17) is 4.74 Å². The zero-order valence-electron chi connectivity index (χ0n) is 13.1. The van der Waals surface area contributed by atoms with E-state index in [9.17, 15) is 14.9 Å². The van der Waals surface area contributed by atoms with Crippen molar-refractivity contribution in [3.8, 4) is 5.75 Å². The molecule has 0 saturated heterocycles. The van der Waals surface area contributed by atoms with Crippen LogP contribution in [0.2, 0.25) is 0 Å². The number of carbonyl (C=O) groups is 1. The van der Waals surface area contributed by atoms with Gasteiger partial charge in [-0.15, -0.1) is 11.8 Å². The lowest BCUT2D eigenvalue weighted by Crippen LogP contribution is -2.30. The molecule has 124 valence electrons. The van der Waals surface area contributed by atoms with Crippen LogP contribution in [-0.2, 0) is 11.2 Å². The summed E-state index contributed by atoms with van der Waals surface area (Å²) in [5, 5.41) is 10.9. The SMILES string of the molecule is COc1cccc(SCC(=O)N2CCc3ccc([N+](=O)[O-])cc32)c1. The van der Waals surface area contributed by atoms with E-state index >= 15 is 0 Å². The second-order valence-corrected chi connectivity index (χ2v) is 6.38. The van der Waals surface area contributed by atoms with Crippen LogP contribution < -0.4 is 9.64 Å². The molecule has 1 aliphatic heterocycles. The Kier molecular flexibility index (Phi) is 4.71. The Labute approximate surface area is 143 Å². The molecule has 0 N–H and O–H groups in total. The Balaban J connectivity index is 1.71. The summed E-state index contributed by atoms with van der Waals surface area (Å²) >= 11 is 1.42. The van der Waals surface area contributed by atoms with E-state index in [2.05, 4.69) is 0 Å². The van der Waals surface area contributed by atoms with Gasteiger partial charge in [0.1, 0.15) is 5.75 Å². The third-order valence-electron chi connectivity index (χ3n) is 3.88. The van der Waals surface area contributed by atoms with Gasteiger partial charge in [-0.2, -0.15) is 0 Å². The van der Waals surface area contributed by atoms with Crippen molar-refractivity contribution in [2.45, 2.75) is 11.3 Å². The largest absolute Gasteiger partial charge is 0.497 e. The van der Waals surface area contributed by atoms with Crippen molar-refractivity contribution in [1.82, 2.24) is 0 Å². The molecule has 0 unspecified atom stereocenters. The Morgan fingerprint density at radius 1 is 1.33 bits per heavy atom. The van der Waals surface area contributed by atoms with E-state index < -0.39 is 4.92 Å². The molecule has 0 aliphatic carbocycles. The molecule has 24 heavy (non-hydrogen) atoms. The predicted molar refractivity (Wildman–Crippen MR) is 92.9 cm³/mol. The maximum absolute atomic E-state index is 12.5. The van der Waals surface area contributed by atoms with Crippen molar-refractivity contribution in [3.63, 3.8) is 0 Å². The van der Waals surface area contributed by atoms with Crippen LogP contribution in [0.1, 0.15) is 5.56 Å². The van der Waals surface area contributed by atoms with Crippen LogP contribution >= 0.6 is 11.8 Å². The molecule has 0 atom stereocenters. The van der Waals surface area contributed by atoms with Gasteiger partial charge in [0.15, 0.2) is 0 Å². The molecule has 6 nitrogen and oxygen atoms in total. The van der Waals surface area contributed by atoms with Crippen molar-refractivity contribution >= 4 is 29.0 Å². The summed E-state index contributed by atoms with van der Waals surface area (Å²) in [7, 11) is 1.60. The van der Waals surface area contributed by atoms with Gasteiger partial charge in [0, 0.05) is 23.6 Å². The summed E-state index contributed by atoms with van der Waals surface area (Å²) in [6.07, 6.45) is 0.725. The fraction of sp³-hybridized carbons (Fsp3) is 0.235. The highest BCUT2D eigenvalue weighted by Gasteiger charge is 2.26. The first-order valence-corrected chi connectivity index (χ1v) is 8.41. The lowest BCUT2D eigenvalue weighted by atomic mass is 10.1. The maximum Gasteiger partial charge on any atom is 0.271 e. The average Bonchev–Trinajstić information content (AvgIpc) is 3.03. The molecule has 0 bridgehead atoms. The topological polar surface area (TPSA) is 72.7 Å². The van der Waals surface area contributed by atoms with Crippen LogP contribution in [0, 0.1) is 10.1 Å². The first kappa shape index (κ1) is 16.3. The van der Waals surface area contributed by atoms with Crippen LogP contribution in [0.5, 0.6) is 5.75 Å². The van der Waals surface area contributed by atoms with Crippen LogP contribution in [0.4, 0.5) is 11.4 Å². The van der Waals surface area contributed by atoms with Gasteiger partial charge in [-0.3, -0.25) is 14.9 Å². The standard InChI is InChI=1S/C17H16N2O4S/c1-23-14-3-2-4-15(10-14)24-11-17(20)18-8-7-12-5-6-13(19(21)22)9-16(12)18/h2-6,9-10H,7-8,11H2,1H3. The average molecular weight is 344 g/mol. The molecule has 1 aliphatic rings. The Morgan fingerprint density at radius 3 is 2.92 bits per heavy atom. The van der Waals surface area contributed by atoms with Crippen molar-refractivity contribution in [3.05, 3.63) is 58.1 Å². The number of hydrogen-bond acceptors (Lipinski definition) is 5. The minimum atomic E-state index is -0.438. The number of amides is 1. The highest BCUT2D eigenvalue weighted by molar-refractivity contribution is 8.00. The van der Waals surface area contributed by atoms with E-state index in [1.807, 2.05) is 24.3 Å². The number of ether oxygens (including phenoxy) is 1. The molecule has 1 heterocycles. The number of rotatable bonds is 5. The van der Waals surface area contributed by atoms with E-state index in [1.54, 1.807) is 18.1 Å². The zero-order valence-corrected chi connectivity index (χ0v) is 13.9. The van der Waals surface area contributed by atoms with E-state index in [0.717, 1.165) is 22.6 Å². The number of non-ortho nitro benzene ring substituents is 1. The summed E-state index contributed by atoms with van der Waals surface area (Å²) in [4.78, 5) is 25.6. The lowest BCUT2D eigenvalue weighted by molar-refractivity contribution is -0.384. The molecule has 1 amide bonds. The fourth-order valence-corrected chi connectivity index (χ4v) is 3.47. The molecule has 0 radical (unpaired) electrons. The summed E-state index contributed by atoms with van der Waals surface area (Å²) in [5.41, 5.74) is 1.63. The van der Waals surface area contributed by atoms with Gasteiger partial charge in [-0.1, -0.05) is 12.1 Å². The molecule has 7 heteroatoms. The second-order valence-electron chi connectivity index (χ2n) is 5.33. The summed E-state index contributed by atoms with van der Waals surface area (Å²) in [6.45, 7) is 0.563. The van der Waals surface area contributed by atoms with Crippen molar-refractivity contribution < 1.29 is 14.5 Å². The molecule has 3 rings (SSSR count). The van der Waals surface area contributed by atoms with E-state index in [-0.39, 0.29) is 17.3 Å². The Morgan fingerprint density at radius 2 is 2.17 bits per heavy atom. The number of nitro groups is 1. The van der Waals surface area contributed by atoms with Gasteiger partial charge in [0.05, 0.1) is 23.5 Å². The normalized spacial score (nSPS) is 12.8. The van der Waals surface area contributed by atoms with Gasteiger partial charge < -0.3 is 9.64 Å². The predicted octanol–water partition coefficient (Wildman–Crippen LogP) is 3.28. The highest BCUT2D eigenvalue weighted by Crippen LogP contribution is 2.32. The molecule has 0 aromatic heterocycles. The lowest BCUT2D eigenvalue weighted by Gasteiger charge is -2.17. The smallest absolute Gasteiger partial charge is 0.271 e. The van der Waals surface area contributed by atoms with Gasteiger partial charge in [0.25, 0.3) is 5.69 Å². The van der Waals surface area contributed by atoms with Crippen LogP contribution in [0.3, 0.4) is 0 Å². The molecule has 0 saturated carbocycles. The summed E-state index contributed by atoms with van der Waals surface area (Å²) in [6, 6.07) is 12.2. The first-order valence-electron chi connectivity index (χ1n) is 7.43. The van der Waals surface area contributed by atoms with Crippen molar-refractivity contribution in [2.24, 2.45) is 0 Å². The molecule has 0 spiro atoms. The first-order chi connectivity index (χ1) is 11.6. The summed E-state index contributed by atoms with van der Waals surface area (Å²) < 4.78 is 5.17. The monoisotopic (exact) mass is 344 g/mol. The van der Waals surface area contributed by atoms with E-state index in [0.29, 0.717) is 12.2 Å². The van der Waals surface area contributed by atoms with Gasteiger partial charge in [-0.25, -0.2) is 0 Å². The van der Waals surface area contributed by atoms with Crippen molar-refractivity contribution in [2.75, 3.05) is 24.3 Å². The molecule has 2 aromatic carbocycles. The van der Waals surface area contributed by atoms with Crippen LogP contribution in [0.25, 0.3) is 0 Å². The third kappa shape index (κ3) is 3.35. The van der Waals surface area contributed by atoms with Crippen molar-refractivity contribution in [1.29, 1.82) is 0 Å². The number of carbonyl (C=O) groups excluding carboxylic acids is 1. The number of anilines is 1. The number of fused-ring (bicyclic) bond motifs is 1. The molecule has 2 aromatic rings. The number of thioether (sulfide) groups is 1. The number of nitrogens with zero attached hydrogens (tertiary/aromatic N) is 2. The summed E-state index contributed by atoms with van der Waals surface area (Å²) in [5.74, 6) is 0.964. The molecular weight excluding hydrogens is 328 g/mol. The third-order valence-corrected chi connectivity index (χ3v) is 4.86. The van der Waals surface area contributed by atoms with E-state index in [1.165, 1.54) is 23.9 Å². The minimum absolute atomic E-state index is 0.00824. The zero-order chi connectivity index (χ0) is 17.1.